The third-order valence-electron chi connectivity index (χ3n) is 3.37. The molecule has 1 aliphatic rings. The van der Waals surface area contributed by atoms with Gasteiger partial charge in [0.2, 0.25) is 0 Å². The number of hydrogen-bond acceptors (Lipinski definition) is 7. The zero-order valence-corrected chi connectivity index (χ0v) is 17.4. The van der Waals surface area contributed by atoms with Crippen LogP contribution in [0.15, 0.2) is 60.2 Å². The van der Waals surface area contributed by atoms with E-state index in [4.69, 9.17) is 9.15 Å². The Labute approximate surface area is 172 Å². The van der Waals surface area contributed by atoms with Gasteiger partial charge in [-0.3, -0.25) is 19.3 Å². The summed E-state index contributed by atoms with van der Waals surface area (Å²) in [7, 11) is 0. The van der Waals surface area contributed by atoms with Crippen molar-refractivity contribution < 1.29 is 23.5 Å². The van der Waals surface area contributed by atoms with Crippen molar-refractivity contribution in [2.75, 3.05) is 13.2 Å². The molecule has 0 atom stereocenters. The van der Waals surface area contributed by atoms with Crippen molar-refractivity contribution in [3.05, 3.63) is 51.5 Å². The monoisotopic (exact) mass is 467 g/mol. The Morgan fingerprint density at radius 1 is 1.33 bits per heavy atom. The molecule has 0 radical (unpaired) electrons. The summed E-state index contributed by atoms with van der Waals surface area (Å²) < 4.78 is 11.3. The van der Waals surface area contributed by atoms with Crippen molar-refractivity contribution >= 4 is 62.6 Å². The summed E-state index contributed by atoms with van der Waals surface area (Å²) in [5.41, 5.74) is 0. The minimum absolute atomic E-state index is 0.188. The van der Waals surface area contributed by atoms with Crippen molar-refractivity contribution in [3.63, 3.8) is 0 Å². The van der Waals surface area contributed by atoms with E-state index in [0.29, 0.717) is 10.9 Å². The molecule has 1 aromatic carbocycles. The normalized spacial score (nSPS) is 15.6. The summed E-state index contributed by atoms with van der Waals surface area (Å²) in [5, 5.41) is 0.127. The smallest absolute Gasteiger partial charge is 0.326 e. The van der Waals surface area contributed by atoms with Gasteiger partial charge in [0, 0.05) is 11.0 Å². The Hall–Kier alpha value is -1.97. The van der Waals surface area contributed by atoms with Crippen molar-refractivity contribution in [2.45, 2.75) is 16.9 Å². The molecule has 2 aromatic rings. The zero-order chi connectivity index (χ0) is 19.4. The number of halogens is 1. The van der Waals surface area contributed by atoms with E-state index in [9.17, 15) is 14.4 Å². The van der Waals surface area contributed by atoms with Gasteiger partial charge in [0.1, 0.15) is 12.3 Å². The maximum absolute atomic E-state index is 12.4. The fourth-order valence-corrected chi connectivity index (χ4v) is 4.38. The van der Waals surface area contributed by atoms with Crippen molar-refractivity contribution in [1.29, 1.82) is 0 Å². The van der Waals surface area contributed by atoms with Crippen molar-refractivity contribution in [3.8, 4) is 0 Å². The molecule has 1 aromatic heterocycles. The number of amides is 2. The van der Waals surface area contributed by atoms with E-state index in [1.54, 1.807) is 13.0 Å². The third kappa shape index (κ3) is 4.85. The van der Waals surface area contributed by atoms with Crippen LogP contribution in [0.5, 0.6) is 0 Å². The van der Waals surface area contributed by atoms with E-state index in [0.717, 1.165) is 26.0 Å². The molecule has 6 nitrogen and oxygen atoms in total. The molecule has 0 spiro atoms. The molecule has 2 heterocycles. The van der Waals surface area contributed by atoms with E-state index in [1.807, 2.05) is 30.3 Å². The highest BCUT2D eigenvalue weighted by molar-refractivity contribution is 9.10. The second-order valence-electron chi connectivity index (χ2n) is 5.27. The maximum Gasteiger partial charge on any atom is 0.326 e. The van der Waals surface area contributed by atoms with E-state index in [-0.39, 0.29) is 11.5 Å². The molecule has 1 aliphatic heterocycles. The Kier molecular flexibility index (Phi) is 6.46. The first-order valence-corrected chi connectivity index (χ1v) is 10.3. The molecule has 0 unspecified atom stereocenters. The highest BCUT2D eigenvalue weighted by Gasteiger charge is 2.37. The number of benzene rings is 1. The number of nitrogens with zero attached hydrogens (tertiary/aromatic N) is 1. The van der Waals surface area contributed by atoms with Crippen LogP contribution in [0.2, 0.25) is 0 Å². The third-order valence-corrected chi connectivity index (χ3v) is 6.12. The molecule has 27 heavy (non-hydrogen) atoms. The number of rotatable bonds is 6. The molecular formula is C18H14BrNO5S2. The molecule has 140 valence electrons. The van der Waals surface area contributed by atoms with E-state index in [2.05, 4.69) is 15.9 Å². The topological polar surface area (TPSA) is 76.8 Å². The summed E-state index contributed by atoms with van der Waals surface area (Å²) in [6, 6.07) is 11.4. The van der Waals surface area contributed by atoms with E-state index < -0.39 is 23.7 Å². The van der Waals surface area contributed by atoms with E-state index >= 15 is 0 Å². The first kappa shape index (κ1) is 19.8. The van der Waals surface area contributed by atoms with Gasteiger partial charge in [0.05, 0.1) is 16.0 Å². The lowest BCUT2D eigenvalue weighted by atomic mass is 10.3. The van der Waals surface area contributed by atoms with Gasteiger partial charge >= 0.3 is 5.97 Å². The second kappa shape index (κ2) is 8.81. The largest absolute Gasteiger partial charge is 0.465 e. The van der Waals surface area contributed by atoms with Crippen LogP contribution in [0.25, 0.3) is 6.08 Å². The van der Waals surface area contributed by atoms with Crippen LogP contribution in [0.4, 0.5) is 4.79 Å². The number of thioether (sulfide) groups is 1. The molecule has 9 heteroatoms. The van der Waals surface area contributed by atoms with Gasteiger partial charge in [0.25, 0.3) is 11.1 Å². The van der Waals surface area contributed by atoms with E-state index in [1.165, 1.54) is 17.8 Å². The maximum atomic E-state index is 12.4. The Morgan fingerprint density at radius 2 is 2.07 bits per heavy atom. The lowest BCUT2D eigenvalue weighted by Crippen LogP contribution is -2.34. The minimum Gasteiger partial charge on any atom is -0.465 e. The number of imide groups is 1. The summed E-state index contributed by atoms with van der Waals surface area (Å²) >= 11 is 5.64. The fraction of sp³-hybridized carbons (Fsp3) is 0.167. The number of carbonyl (C=O) groups is 3. The number of ether oxygens (including phenoxy) is 1. The molecule has 0 N–H and O–H groups in total. The molecule has 0 saturated carbocycles. The summed E-state index contributed by atoms with van der Waals surface area (Å²) in [6.45, 7) is 1.45. The molecule has 0 bridgehead atoms. The predicted molar refractivity (Wildman–Crippen MR) is 106 cm³/mol. The Bertz CT molecular complexity index is 910. The van der Waals surface area contributed by atoms with Gasteiger partial charge in [-0.1, -0.05) is 30.0 Å². The van der Waals surface area contributed by atoms with Gasteiger partial charge in [-0.15, -0.1) is 0 Å². The molecule has 2 amide bonds. The SMILES string of the molecule is CCOC(=O)CN1C(=O)S/C(=C/c2cc(Br)c(Sc3ccccc3)o2)C1=O. The number of carbonyl (C=O) groups excluding carboxylic acids is 3. The number of esters is 1. The zero-order valence-electron chi connectivity index (χ0n) is 14.1. The average Bonchev–Trinajstić information content (AvgIpc) is 3.10. The lowest BCUT2D eigenvalue weighted by molar-refractivity contribution is -0.145. The molecule has 1 saturated heterocycles. The summed E-state index contributed by atoms with van der Waals surface area (Å²) in [6.07, 6.45) is 1.50. The molecule has 3 rings (SSSR count). The molecular weight excluding hydrogens is 454 g/mol. The second-order valence-corrected chi connectivity index (χ2v) is 8.17. The average molecular weight is 468 g/mol. The van der Waals surface area contributed by atoms with Gasteiger partial charge in [-0.25, -0.2) is 0 Å². The predicted octanol–water partition coefficient (Wildman–Crippen LogP) is 4.79. The van der Waals surface area contributed by atoms with Crippen LogP contribution in [-0.2, 0) is 14.3 Å². The van der Waals surface area contributed by atoms with Gasteiger partial charge in [0.15, 0.2) is 5.09 Å². The van der Waals surface area contributed by atoms with Crippen LogP contribution in [0, 0.1) is 0 Å². The number of furan rings is 1. The first-order valence-electron chi connectivity index (χ1n) is 7.91. The fourth-order valence-electron chi connectivity index (χ4n) is 2.21. The van der Waals surface area contributed by atoms with Gasteiger partial charge in [-0.2, -0.15) is 0 Å². The van der Waals surface area contributed by atoms with Crippen LogP contribution in [0.3, 0.4) is 0 Å². The van der Waals surface area contributed by atoms with Crippen LogP contribution < -0.4 is 0 Å². The van der Waals surface area contributed by atoms with Crippen LogP contribution in [-0.4, -0.2) is 35.2 Å². The van der Waals surface area contributed by atoms with Gasteiger partial charge in [-0.05, 0) is 52.8 Å². The highest BCUT2D eigenvalue weighted by atomic mass is 79.9. The quantitative estimate of drug-likeness (QED) is 0.446. The molecule has 0 aliphatic carbocycles. The Balaban J connectivity index is 1.75. The lowest BCUT2D eigenvalue weighted by Gasteiger charge is -2.10. The Morgan fingerprint density at radius 3 is 2.78 bits per heavy atom. The van der Waals surface area contributed by atoms with Gasteiger partial charge < -0.3 is 9.15 Å². The number of hydrogen-bond donors (Lipinski definition) is 0. The molecule has 1 fully saturated rings. The van der Waals surface area contributed by atoms with Crippen molar-refractivity contribution in [2.24, 2.45) is 0 Å². The van der Waals surface area contributed by atoms with Crippen molar-refractivity contribution in [1.82, 2.24) is 4.90 Å². The highest BCUT2D eigenvalue weighted by Crippen LogP contribution is 2.38. The summed E-state index contributed by atoms with van der Waals surface area (Å²) in [4.78, 5) is 38.0. The van der Waals surface area contributed by atoms with Crippen LogP contribution >= 0.6 is 39.5 Å². The summed E-state index contributed by atoms with van der Waals surface area (Å²) in [5.74, 6) is -0.729. The standard InChI is InChI=1S/C18H14BrNO5S2/c1-2-24-15(21)10-20-16(22)14(27-18(20)23)9-11-8-13(19)17(25-11)26-12-6-4-3-5-7-12/h3-9H,2,10H2,1H3/b14-9+. The van der Waals surface area contributed by atoms with Crippen LogP contribution in [0.1, 0.15) is 12.7 Å². The minimum atomic E-state index is -0.622. The first-order chi connectivity index (χ1) is 13.0.